The maximum absolute atomic E-state index is 6.03. The Morgan fingerprint density at radius 2 is 2.04 bits per heavy atom. The van der Waals surface area contributed by atoms with E-state index in [4.69, 9.17) is 18.7 Å². The third-order valence-corrected chi connectivity index (χ3v) is 5.07. The highest BCUT2D eigenvalue weighted by Gasteiger charge is 2.16. The normalized spacial score (nSPS) is 16.3. The summed E-state index contributed by atoms with van der Waals surface area (Å²) in [4.78, 5) is 4.82. The maximum Gasteiger partial charge on any atom is 0.234 e. The van der Waals surface area contributed by atoms with Crippen molar-refractivity contribution in [1.29, 1.82) is 0 Å². The van der Waals surface area contributed by atoms with Gasteiger partial charge in [0.2, 0.25) is 7.98 Å². The van der Waals surface area contributed by atoms with Gasteiger partial charge in [0, 0.05) is 14.8 Å². The first-order valence-electron chi connectivity index (χ1n) is 8.16. The molecule has 0 spiro atoms. The van der Waals surface area contributed by atoms with E-state index in [9.17, 15) is 0 Å². The molecule has 2 radical (unpaired) electrons. The van der Waals surface area contributed by atoms with Crippen molar-refractivity contribution in [3.63, 3.8) is 0 Å². The molecule has 2 aromatic rings. The third-order valence-electron chi connectivity index (χ3n) is 4.09. The number of hydrogen-bond donors (Lipinski definition) is 1. The van der Waals surface area contributed by atoms with E-state index in [1.165, 1.54) is 9.13 Å². The Bertz CT molecular complexity index is 903. The molecule has 1 aromatic heterocycles. The molecule has 0 fully saturated rings. The molecule has 0 saturated carbocycles. The van der Waals surface area contributed by atoms with Crippen molar-refractivity contribution in [3.8, 4) is 0 Å². The lowest BCUT2D eigenvalue weighted by atomic mass is 10.0. The molecule has 2 heterocycles. The minimum Gasteiger partial charge on any atom is -0.403 e. The Morgan fingerprint density at radius 3 is 2.72 bits per heavy atom. The maximum atomic E-state index is 6.03. The van der Waals surface area contributed by atoms with Gasteiger partial charge in [-0.2, -0.15) is 0 Å². The van der Waals surface area contributed by atoms with E-state index in [1.54, 1.807) is 4.48 Å². The fourth-order valence-corrected chi connectivity index (χ4v) is 3.45. The monoisotopic (exact) mass is 439 g/mol. The minimum atomic E-state index is 0.556. The Hall–Kier alpha value is -1.86. The molecule has 2 N–H and O–H groups in total. The van der Waals surface area contributed by atoms with E-state index in [1.807, 2.05) is 30.5 Å². The van der Waals surface area contributed by atoms with E-state index in [2.05, 4.69) is 59.9 Å². The summed E-state index contributed by atoms with van der Waals surface area (Å²) in [6.45, 7) is 2.63. The van der Waals surface area contributed by atoms with Crippen LogP contribution in [0.5, 0.6) is 0 Å². The smallest absolute Gasteiger partial charge is 0.234 e. The highest BCUT2D eigenvalue weighted by Crippen LogP contribution is 2.31. The molecule has 3 nitrogen and oxygen atoms in total. The molecule has 1 aromatic carbocycles. The lowest BCUT2D eigenvalue weighted by Gasteiger charge is -2.11. The van der Waals surface area contributed by atoms with Crippen LogP contribution in [0.25, 0.3) is 11.6 Å². The molecule has 3 rings (SSSR count). The zero-order valence-corrected chi connectivity index (χ0v) is 16.3. The highest BCUT2D eigenvalue weighted by atomic mass is 127. The van der Waals surface area contributed by atoms with Crippen LogP contribution in [0.1, 0.15) is 24.6 Å². The lowest BCUT2D eigenvalue weighted by molar-refractivity contribution is 0.997. The van der Waals surface area contributed by atoms with Crippen LogP contribution in [0.3, 0.4) is 0 Å². The van der Waals surface area contributed by atoms with Crippen LogP contribution in [-0.4, -0.2) is 24.7 Å². The second-order valence-electron chi connectivity index (χ2n) is 5.89. The van der Waals surface area contributed by atoms with Crippen LogP contribution in [0.4, 0.5) is 0 Å². The number of benzene rings is 1. The van der Waals surface area contributed by atoms with Gasteiger partial charge >= 0.3 is 0 Å². The second kappa shape index (κ2) is 8.02. The molecule has 1 aliphatic rings. The number of allylic oxidation sites excluding steroid dienone is 3. The Balaban J connectivity index is 1.97. The van der Waals surface area contributed by atoms with Crippen LogP contribution in [-0.2, 0) is 0 Å². The number of nitrogens with two attached hydrogens (primary N) is 1. The van der Waals surface area contributed by atoms with Crippen molar-refractivity contribution in [2.24, 2.45) is 10.7 Å². The standard InChI is InChI=1S/C20H19BIN3/c1-14-13-16(9-8-15-5-2-3-6-18(15)22)24-20(14)17(10-11-23)19-7-4-12-25(19)21/h2-9,12-13H,10-11,23H2,1H3/b9-8+,20-17-. The molecular formula is C20H19BIN3. The Morgan fingerprint density at radius 1 is 1.24 bits per heavy atom. The van der Waals surface area contributed by atoms with Gasteiger partial charge in [0.1, 0.15) is 0 Å². The van der Waals surface area contributed by atoms with Crippen molar-refractivity contribution in [3.05, 3.63) is 80.8 Å². The molecule has 0 aliphatic carbocycles. The molecule has 0 amide bonds. The molecule has 0 unspecified atom stereocenters. The summed E-state index contributed by atoms with van der Waals surface area (Å²) < 4.78 is 2.84. The van der Waals surface area contributed by atoms with E-state index < -0.39 is 0 Å². The first kappa shape index (κ1) is 18.0. The summed E-state index contributed by atoms with van der Waals surface area (Å²) in [5.74, 6) is 0. The second-order valence-corrected chi connectivity index (χ2v) is 7.05. The first-order chi connectivity index (χ1) is 12.1. The van der Waals surface area contributed by atoms with Crippen molar-refractivity contribution < 1.29 is 0 Å². The van der Waals surface area contributed by atoms with E-state index in [0.717, 1.165) is 34.7 Å². The van der Waals surface area contributed by atoms with Crippen LogP contribution >= 0.6 is 22.6 Å². The molecule has 124 valence electrons. The molecule has 0 bridgehead atoms. The van der Waals surface area contributed by atoms with Crippen LogP contribution < -0.4 is 5.73 Å². The summed E-state index contributed by atoms with van der Waals surface area (Å²) >= 11 is 2.34. The minimum absolute atomic E-state index is 0.556. The average molecular weight is 439 g/mol. The summed E-state index contributed by atoms with van der Waals surface area (Å²) in [6.07, 6.45) is 8.82. The topological polar surface area (TPSA) is 43.3 Å². The van der Waals surface area contributed by atoms with Gasteiger partial charge in [0.25, 0.3) is 0 Å². The van der Waals surface area contributed by atoms with Gasteiger partial charge in [-0.1, -0.05) is 24.3 Å². The number of hydrogen-bond acceptors (Lipinski definition) is 2. The van der Waals surface area contributed by atoms with Gasteiger partial charge in [-0.25, -0.2) is 4.99 Å². The average Bonchev–Trinajstić information content (AvgIpc) is 3.18. The fraction of sp³-hybridized carbons (Fsp3) is 0.150. The van der Waals surface area contributed by atoms with Gasteiger partial charge in [0.05, 0.1) is 11.4 Å². The van der Waals surface area contributed by atoms with Crippen molar-refractivity contribution in [1.82, 2.24) is 4.48 Å². The third kappa shape index (κ3) is 4.04. The zero-order valence-electron chi connectivity index (χ0n) is 14.1. The molecule has 5 heteroatoms. The van der Waals surface area contributed by atoms with Crippen LogP contribution in [0, 0.1) is 3.57 Å². The van der Waals surface area contributed by atoms with E-state index >= 15 is 0 Å². The molecule has 1 aliphatic heterocycles. The van der Waals surface area contributed by atoms with Crippen molar-refractivity contribution >= 4 is 47.9 Å². The van der Waals surface area contributed by atoms with Gasteiger partial charge in [-0.05, 0) is 90.2 Å². The summed E-state index contributed by atoms with van der Waals surface area (Å²) in [7, 11) is 6.03. The Labute approximate surface area is 163 Å². The molecule has 0 saturated heterocycles. The summed E-state index contributed by atoms with van der Waals surface area (Å²) in [6, 6.07) is 12.2. The Kier molecular flexibility index (Phi) is 5.76. The number of nitrogens with zero attached hydrogens (tertiary/aromatic N) is 2. The number of halogens is 1. The highest BCUT2D eigenvalue weighted by molar-refractivity contribution is 14.1. The lowest BCUT2D eigenvalue weighted by Crippen LogP contribution is -2.05. The van der Waals surface area contributed by atoms with E-state index in [-0.39, 0.29) is 0 Å². The summed E-state index contributed by atoms with van der Waals surface area (Å²) in [5.41, 5.74) is 12.1. The predicted octanol–water partition coefficient (Wildman–Crippen LogP) is 4.20. The van der Waals surface area contributed by atoms with Gasteiger partial charge < -0.3 is 10.2 Å². The molecule has 25 heavy (non-hydrogen) atoms. The number of aromatic nitrogens is 1. The largest absolute Gasteiger partial charge is 0.403 e. The quantitative estimate of drug-likeness (QED) is 0.551. The fourth-order valence-electron chi connectivity index (χ4n) is 2.88. The SMILES string of the molecule is [B]n1cccc1/C(CCN)=C1N=C(/C=C/c2ccccc2I)C=C\1C. The first-order valence-corrected chi connectivity index (χ1v) is 9.24. The summed E-state index contributed by atoms with van der Waals surface area (Å²) in [5, 5.41) is 0. The van der Waals surface area contributed by atoms with Gasteiger partial charge in [-0.15, -0.1) is 0 Å². The zero-order chi connectivity index (χ0) is 17.8. The predicted molar refractivity (Wildman–Crippen MR) is 116 cm³/mol. The van der Waals surface area contributed by atoms with Crippen LogP contribution in [0.2, 0.25) is 0 Å². The van der Waals surface area contributed by atoms with Crippen molar-refractivity contribution in [2.45, 2.75) is 13.3 Å². The van der Waals surface area contributed by atoms with Crippen molar-refractivity contribution in [2.75, 3.05) is 6.54 Å². The van der Waals surface area contributed by atoms with Gasteiger partial charge in [-0.3, -0.25) is 0 Å². The van der Waals surface area contributed by atoms with Crippen LogP contribution in [0.15, 0.2) is 71.0 Å². The molecular weight excluding hydrogens is 420 g/mol. The number of rotatable bonds is 5. The van der Waals surface area contributed by atoms with Gasteiger partial charge in [0.15, 0.2) is 0 Å². The molecule has 0 atom stereocenters. The number of aliphatic imine (C=N–C) groups is 1. The van der Waals surface area contributed by atoms with E-state index in [0.29, 0.717) is 6.54 Å².